The second-order valence-corrected chi connectivity index (χ2v) is 7.80. The quantitative estimate of drug-likeness (QED) is 0.400. The van der Waals surface area contributed by atoms with Crippen molar-refractivity contribution in [1.29, 1.82) is 0 Å². The second-order valence-electron chi connectivity index (χ2n) is 6.86. The molecule has 9 heteroatoms. The number of hydrogen-bond donors (Lipinski definition) is 1. The molecule has 31 heavy (non-hydrogen) atoms. The van der Waals surface area contributed by atoms with E-state index in [9.17, 15) is 4.79 Å². The van der Waals surface area contributed by atoms with Crippen molar-refractivity contribution in [3.8, 4) is 17.1 Å². The molecule has 3 aromatic heterocycles. The molecule has 1 N–H and O–H groups in total. The molecule has 0 aliphatic carbocycles. The van der Waals surface area contributed by atoms with Crippen molar-refractivity contribution in [3.05, 3.63) is 64.7 Å². The first-order valence-corrected chi connectivity index (χ1v) is 10.8. The van der Waals surface area contributed by atoms with Crippen LogP contribution in [0.2, 0.25) is 0 Å². The highest BCUT2D eigenvalue weighted by Crippen LogP contribution is 2.28. The van der Waals surface area contributed by atoms with Crippen LogP contribution in [0.5, 0.6) is 5.75 Å². The fraction of sp³-hybridized carbons (Fsp3) is 0.182. The van der Waals surface area contributed by atoms with Crippen molar-refractivity contribution in [2.75, 3.05) is 7.11 Å². The number of para-hydroxylation sites is 1. The van der Waals surface area contributed by atoms with Crippen molar-refractivity contribution in [2.45, 2.75) is 24.4 Å². The van der Waals surface area contributed by atoms with Gasteiger partial charge in [0, 0.05) is 17.5 Å². The van der Waals surface area contributed by atoms with E-state index in [2.05, 4.69) is 20.2 Å². The fourth-order valence-corrected chi connectivity index (χ4v) is 4.36. The number of furan rings is 1. The van der Waals surface area contributed by atoms with E-state index in [0.29, 0.717) is 29.2 Å². The second kappa shape index (κ2) is 7.92. The normalized spacial score (nSPS) is 11.4. The zero-order chi connectivity index (χ0) is 21.4. The first-order valence-electron chi connectivity index (χ1n) is 9.78. The Balaban J connectivity index is 1.44. The molecule has 8 nitrogen and oxygen atoms in total. The maximum absolute atomic E-state index is 12.5. The van der Waals surface area contributed by atoms with Crippen molar-refractivity contribution >= 4 is 33.8 Å². The van der Waals surface area contributed by atoms with Gasteiger partial charge in [-0.2, -0.15) is 0 Å². The molecule has 0 atom stereocenters. The van der Waals surface area contributed by atoms with Gasteiger partial charge in [-0.3, -0.25) is 4.79 Å². The van der Waals surface area contributed by atoms with Crippen LogP contribution in [0.4, 0.5) is 0 Å². The monoisotopic (exact) mass is 433 g/mol. The third-order valence-electron chi connectivity index (χ3n) is 5.00. The van der Waals surface area contributed by atoms with E-state index >= 15 is 0 Å². The first-order chi connectivity index (χ1) is 15.2. The molecule has 0 aliphatic rings. The third kappa shape index (κ3) is 3.46. The summed E-state index contributed by atoms with van der Waals surface area (Å²) in [7, 11) is 1.64. The highest BCUT2D eigenvalue weighted by Gasteiger charge is 2.16. The van der Waals surface area contributed by atoms with Crippen LogP contribution in [0.25, 0.3) is 33.5 Å². The summed E-state index contributed by atoms with van der Waals surface area (Å²) in [6.07, 6.45) is 0. The highest BCUT2D eigenvalue weighted by atomic mass is 32.2. The lowest BCUT2D eigenvalue weighted by Gasteiger charge is -2.08. The van der Waals surface area contributed by atoms with Gasteiger partial charge in [-0.25, -0.2) is 4.98 Å². The molecule has 0 aliphatic heterocycles. The predicted molar refractivity (Wildman–Crippen MR) is 119 cm³/mol. The van der Waals surface area contributed by atoms with Crippen LogP contribution in [0.15, 0.2) is 62.9 Å². The molecule has 5 rings (SSSR count). The summed E-state index contributed by atoms with van der Waals surface area (Å²) in [4.78, 5) is 20.0. The number of H-pyrrole nitrogens is 1. The first kappa shape index (κ1) is 19.4. The summed E-state index contributed by atoms with van der Waals surface area (Å²) < 4.78 is 12.9. The molecule has 0 radical (unpaired) electrons. The van der Waals surface area contributed by atoms with Gasteiger partial charge in [-0.15, -0.1) is 10.2 Å². The van der Waals surface area contributed by atoms with Crippen molar-refractivity contribution in [3.63, 3.8) is 0 Å². The van der Waals surface area contributed by atoms with Crippen LogP contribution >= 0.6 is 11.8 Å². The molecule has 0 amide bonds. The Hall–Kier alpha value is -3.59. The number of ether oxygens (including phenoxy) is 1. The topological polar surface area (TPSA) is 98.8 Å². The van der Waals surface area contributed by atoms with E-state index in [1.54, 1.807) is 7.11 Å². The molecule has 2 aromatic carbocycles. The average molecular weight is 433 g/mol. The predicted octanol–water partition coefficient (Wildman–Crippen LogP) is 4.25. The van der Waals surface area contributed by atoms with Crippen LogP contribution < -0.4 is 10.3 Å². The lowest BCUT2D eigenvalue weighted by Crippen LogP contribution is -2.10. The number of hydrogen-bond acceptors (Lipinski definition) is 7. The van der Waals surface area contributed by atoms with Crippen LogP contribution in [0.3, 0.4) is 0 Å². The molecule has 3 heterocycles. The maximum Gasteiger partial charge on any atom is 0.294 e. The third-order valence-corrected chi connectivity index (χ3v) is 5.98. The van der Waals surface area contributed by atoms with Gasteiger partial charge in [0.15, 0.2) is 11.0 Å². The molecule has 0 unspecified atom stereocenters. The minimum absolute atomic E-state index is 0.244. The number of rotatable bonds is 6. The lowest BCUT2D eigenvalue weighted by atomic mass is 10.2. The minimum atomic E-state index is -0.285. The molecule has 0 spiro atoms. The summed E-state index contributed by atoms with van der Waals surface area (Å²) in [5, 5.41) is 10.3. The van der Waals surface area contributed by atoms with Gasteiger partial charge < -0.3 is 18.7 Å². The van der Waals surface area contributed by atoms with Crippen LogP contribution in [-0.2, 0) is 12.3 Å². The van der Waals surface area contributed by atoms with E-state index in [4.69, 9.17) is 9.15 Å². The van der Waals surface area contributed by atoms with Gasteiger partial charge in [-0.05, 0) is 43.3 Å². The zero-order valence-corrected chi connectivity index (χ0v) is 17.8. The number of nitrogens with zero attached hydrogens (tertiary/aromatic N) is 4. The molecular formula is C22H19N5O3S. The average Bonchev–Trinajstić information content (AvgIpc) is 3.39. The Morgan fingerprint density at radius 2 is 1.94 bits per heavy atom. The largest absolute Gasteiger partial charge is 0.497 e. The summed E-state index contributed by atoms with van der Waals surface area (Å²) >= 11 is 1.47. The molecule has 156 valence electrons. The van der Waals surface area contributed by atoms with Gasteiger partial charge in [0.05, 0.1) is 12.9 Å². The Bertz CT molecular complexity index is 1440. The summed E-state index contributed by atoms with van der Waals surface area (Å²) in [6.45, 7) is 2.76. The van der Waals surface area contributed by atoms with E-state index in [-0.39, 0.29) is 11.1 Å². The Labute approximate surface area is 181 Å². The maximum atomic E-state index is 12.5. The number of aromatic nitrogens is 5. The molecule has 0 saturated heterocycles. The SMILES string of the molecule is CCn1c(SCc2nc3c(oc4ccccc43)c(=O)[nH]2)nnc1-c1ccc(OC)cc1. The smallest absolute Gasteiger partial charge is 0.294 e. The minimum Gasteiger partial charge on any atom is -0.497 e. The molecular weight excluding hydrogens is 414 g/mol. The molecule has 0 bridgehead atoms. The Kier molecular flexibility index (Phi) is 4.95. The Morgan fingerprint density at radius 1 is 1.13 bits per heavy atom. The number of aromatic amines is 1. The van der Waals surface area contributed by atoms with Crippen molar-refractivity contribution in [1.82, 2.24) is 24.7 Å². The Morgan fingerprint density at radius 3 is 2.71 bits per heavy atom. The van der Waals surface area contributed by atoms with Crippen molar-refractivity contribution in [2.24, 2.45) is 0 Å². The van der Waals surface area contributed by atoms with Gasteiger partial charge >= 0.3 is 0 Å². The van der Waals surface area contributed by atoms with E-state index < -0.39 is 0 Å². The molecule has 0 fully saturated rings. The van der Waals surface area contributed by atoms with Gasteiger partial charge in [0.2, 0.25) is 5.58 Å². The van der Waals surface area contributed by atoms with E-state index in [1.807, 2.05) is 60.0 Å². The summed E-state index contributed by atoms with van der Waals surface area (Å²) in [5.41, 5.74) is 2.14. The van der Waals surface area contributed by atoms with Crippen molar-refractivity contribution < 1.29 is 9.15 Å². The fourth-order valence-electron chi connectivity index (χ4n) is 3.48. The number of nitrogens with one attached hydrogen (secondary N) is 1. The lowest BCUT2D eigenvalue weighted by molar-refractivity contribution is 0.415. The van der Waals surface area contributed by atoms with Crippen LogP contribution in [0, 0.1) is 0 Å². The summed E-state index contributed by atoms with van der Waals surface area (Å²) in [5.74, 6) is 2.58. The number of fused-ring (bicyclic) bond motifs is 3. The van der Waals surface area contributed by atoms with E-state index in [0.717, 1.165) is 27.7 Å². The number of benzene rings is 2. The number of methoxy groups -OCH3 is 1. The summed E-state index contributed by atoms with van der Waals surface area (Å²) in [6, 6.07) is 15.2. The van der Waals surface area contributed by atoms with Gasteiger partial charge in [0.1, 0.15) is 22.7 Å². The highest BCUT2D eigenvalue weighted by molar-refractivity contribution is 7.98. The van der Waals surface area contributed by atoms with Crippen LogP contribution in [0.1, 0.15) is 12.7 Å². The number of thioether (sulfide) groups is 1. The van der Waals surface area contributed by atoms with Crippen LogP contribution in [-0.4, -0.2) is 31.8 Å². The van der Waals surface area contributed by atoms with E-state index in [1.165, 1.54) is 11.8 Å². The zero-order valence-electron chi connectivity index (χ0n) is 17.0. The van der Waals surface area contributed by atoms with Gasteiger partial charge in [-0.1, -0.05) is 23.9 Å². The molecule has 0 saturated carbocycles. The standard InChI is InChI=1S/C22H19N5O3S/c1-3-27-20(13-8-10-14(29-2)11-9-13)25-26-22(27)31-12-17-23-18-15-6-4-5-7-16(15)30-19(18)21(28)24-17/h4-11H,3,12H2,1-2H3,(H,23,24,28). The molecule has 5 aromatic rings. The van der Waals surface area contributed by atoms with Gasteiger partial charge in [0.25, 0.3) is 5.56 Å².